The van der Waals surface area contributed by atoms with Gasteiger partial charge in [0.15, 0.2) is 0 Å². The van der Waals surface area contributed by atoms with Gasteiger partial charge in [-0.15, -0.1) is 11.6 Å². The van der Waals surface area contributed by atoms with E-state index in [-0.39, 0.29) is 16.1 Å². The summed E-state index contributed by atoms with van der Waals surface area (Å²) in [6, 6.07) is 7.22. The summed E-state index contributed by atoms with van der Waals surface area (Å²) in [5, 5.41) is 0. The van der Waals surface area contributed by atoms with Gasteiger partial charge in [0.05, 0.1) is 10.0 Å². The summed E-state index contributed by atoms with van der Waals surface area (Å²) >= 11 is 8.49. The molecule has 0 unspecified atom stereocenters. The van der Waals surface area contributed by atoms with E-state index in [1.807, 2.05) is 0 Å². The zero-order valence-electron chi connectivity index (χ0n) is 10.3. The van der Waals surface area contributed by atoms with Crippen LogP contribution in [-0.2, 0) is 12.1 Å². The molecule has 0 radical (unpaired) electrons. The fourth-order valence-corrected chi connectivity index (χ4v) is 2.05. The van der Waals surface area contributed by atoms with Crippen molar-refractivity contribution in [2.45, 2.75) is 12.1 Å². The van der Waals surface area contributed by atoms with Crippen LogP contribution in [-0.4, -0.2) is 0 Å². The molecule has 0 heterocycles. The van der Waals surface area contributed by atoms with Crippen LogP contribution in [0.5, 0.6) is 11.5 Å². The molecule has 0 spiro atoms. The largest absolute Gasteiger partial charge is 0.457 e. The first-order chi connectivity index (χ1) is 9.81. The van der Waals surface area contributed by atoms with Gasteiger partial charge in [0.1, 0.15) is 17.3 Å². The minimum Gasteiger partial charge on any atom is -0.457 e. The van der Waals surface area contributed by atoms with Crippen LogP contribution in [0.25, 0.3) is 0 Å². The van der Waals surface area contributed by atoms with Crippen molar-refractivity contribution in [2.75, 3.05) is 0 Å². The minimum absolute atomic E-state index is 0.0279. The second kappa shape index (κ2) is 6.23. The quantitative estimate of drug-likeness (QED) is 0.457. The predicted molar refractivity (Wildman–Crippen MR) is 75.2 cm³/mol. The highest BCUT2D eigenvalue weighted by molar-refractivity contribution is 9.10. The Morgan fingerprint density at radius 3 is 2.38 bits per heavy atom. The average molecular weight is 384 g/mol. The van der Waals surface area contributed by atoms with Crippen LogP contribution in [0.2, 0.25) is 0 Å². The monoisotopic (exact) mass is 382 g/mol. The molecule has 0 fully saturated rings. The smallest absolute Gasteiger partial charge is 0.419 e. The van der Waals surface area contributed by atoms with Crippen molar-refractivity contribution < 1.29 is 22.3 Å². The Kier molecular flexibility index (Phi) is 4.78. The lowest BCUT2D eigenvalue weighted by atomic mass is 10.1. The number of ether oxygens (including phenoxy) is 1. The molecule has 0 aliphatic rings. The zero-order valence-corrected chi connectivity index (χ0v) is 12.7. The molecule has 2 aromatic carbocycles. The second-order valence-corrected chi connectivity index (χ2v) is 5.26. The predicted octanol–water partition coefficient (Wildman–Crippen LogP) is 6.14. The van der Waals surface area contributed by atoms with Crippen molar-refractivity contribution in [2.24, 2.45) is 0 Å². The maximum absolute atomic E-state index is 13.4. The first kappa shape index (κ1) is 16.1. The fraction of sp³-hybridized carbons (Fsp3) is 0.143. The van der Waals surface area contributed by atoms with Gasteiger partial charge in [0, 0.05) is 11.9 Å². The lowest BCUT2D eigenvalue weighted by Crippen LogP contribution is -2.08. The highest BCUT2D eigenvalue weighted by Gasteiger charge is 2.34. The lowest BCUT2D eigenvalue weighted by molar-refractivity contribution is -0.138. The van der Waals surface area contributed by atoms with Crippen molar-refractivity contribution in [3.63, 3.8) is 0 Å². The summed E-state index contributed by atoms with van der Waals surface area (Å²) in [6.45, 7) is 0. The van der Waals surface area contributed by atoms with Crippen molar-refractivity contribution in [1.82, 2.24) is 0 Å². The average Bonchev–Trinajstić information content (AvgIpc) is 2.42. The molecule has 1 nitrogen and oxygen atoms in total. The van der Waals surface area contributed by atoms with E-state index in [1.54, 1.807) is 0 Å². The normalized spacial score (nSPS) is 11.5. The van der Waals surface area contributed by atoms with E-state index in [0.29, 0.717) is 5.56 Å². The van der Waals surface area contributed by atoms with Gasteiger partial charge < -0.3 is 4.74 Å². The Hall–Kier alpha value is -1.27. The number of alkyl halides is 4. The van der Waals surface area contributed by atoms with E-state index in [4.69, 9.17) is 16.3 Å². The van der Waals surface area contributed by atoms with Crippen LogP contribution in [0, 0.1) is 5.82 Å². The number of benzene rings is 2. The Balaban J connectivity index is 2.41. The van der Waals surface area contributed by atoms with Gasteiger partial charge in [-0.2, -0.15) is 13.2 Å². The molecule has 0 bridgehead atoms. The molecule has 2 aromatic rings. The number of hydrogen-bond donors (Lipinski definition) is 0. The van der Waals surface area contributed by atoms with Crippen LogP contribution >= 0.6 is 27.5 Å². The highest BCUT2D eigenvalue weighted by Crippen LogP contribution is 2.39. The molecule has 21 heavy (non-hydrogen) atoms. The van der Waals surface area contributed by atoms with Gasteiger partial charge >= 0.3 is 6.18 Å². The van der Waals surface area contributed by atoms with E-state index in [9.17, 15) is 17.6 Å². The van der Waals surface area contributed by atoms with Crippen LogP contribution in [0.1, 0.15) is 11.1 Å². The standard InChI is InChI=1S/C14H8BrClF4O/c15-11-3-2-9(6-12(11)17)21-13-4-1-8(7-16)5-10(13)14(18,19)20/h1-6H,7H2. The van der Waals surface area contributed by atoms with Crippen LogP contribution in [0.3, 0.4) is 0 Å². The fourth-order valence-electron chi connectivity index (χ4n) is 1.64. The number of rotatable bonds is 3. The first-order valence-electron chi connectivity index (χ1n) is 5.70. The number of halogens is 6. The van der Waals surface area contributed by atoms with Crippen molar-refractivity contribution in [3.05, 3.63) is 57.8 Å². The molecule has 112 valence electrons. The van der Waals surface area contributed by atoms with Gasteiger partial charge in [-0.25, -0.2) is 4.39 Å². The van der Waals surface area contributed by atoms with Crippen molar-refractivity contribution >= 4 is 27.5 Å². The third-order valence-electron chi connectivity index (χ3n) is 2.62. The van der Waals surface area contributed by atoms with Gasteiger partial charge in [-0.1, -0.05) is 6.07 Å². The summed E-state index contributed by atoms with van der Waals surface area (Å²) < 4.78 is 57.7. The van der Waals surface area contributed by atoms with Crippen molar-refractivity contribution in [1.29, 1.82) is 0 Å². The second-order valence-electron chi connectivity index (χ2n) is 4.14. The molecule has 2 rings (SSSR count). The Morgan fingerprint density at radius 2 is 1.81 bits per heavy atom. The summed E-state index contributed by atoms with van der Waals surface area (Å²) in [5.41, 5.74) is -0.637. The topological polar surface area (TPSA) is 9.23 Å². The SMILES string of the molecule is Fc1cc(Oc2ccc(CCl)cc2C(F)(F)F)ccc1Br. The third kappa shape index (κ3) is 3.89. The molecular weight excluding hydrogens is 376 g/mol. The summed E-state index contributed by atoms with van der Waals surface area (Å²) in [4.78, 5) is 0. The van der Waals surface area contributed by atoms with E-state index >= 15 is 0 Å². The van der Waals surface area contributed by atoms with Gasteiger partial charge in [-0.3, -0.25) is 0 Å². The summed E-state index contributed by atoms with van der Waals surface area (Å²) in [6.07, 6.45) is -4.59. The molecule has 0 saturated heterocycles. The maximum atomic E-state index is 13.4. The van der Waals surface area contributed by atoms with E-state index in [1.165, 1.54) is 24.3 Å². The van der Waals surface area contributed by atoms with Crippen LogP contribution < -0.4 is 4.74 Å². The zero-order chi connectivity index (χ0) is 15.6. The molecule has 0 aliphatic heterocycles. The molecule has 0 atom stereocenters. The van der Waals surface area contributed by atoms with Gasteiger partial charge in [-0.05, 0) is 45.8 Å². The van der Waals surface area contributed by atoms with Crippen LogP contribution in [0.4, 0.5) is 17.6 Å². The minimum atomic E-state index is -4.59. The molecule has 7 heteroatoms. The lowest BCUT2D eigenvalue weighted by Gasteiger charge is -2.15. The molecule has 0 N–H and O–H groups in total. The molecular formula is C14H8BrClF4O. The Labute approximate surface area is 131 Å². The summed E-state index contributed by atoms with van der Waals surface area (Å²) in [7, 11) is 0. The van der Waals surface area contributed by atoms with Crippen molar-refractivity contribution in [3.8, 4) is 11.5 Å². The van der Waals surface area contributed by atoms with Crippen LogP contribution in [0.15, 0.2) is 40.9 Å². The molecule has 0 aliphatic carbocycles. The Morgan fingerprint density at radius 1 is 1.10 bits per heavy atom. The van der Waals surface area contributed by atoms with E-state index < -0.39 is 23.3 Å². The highest BCUT2D eigenvalue weighted by atomic mass is 79.9. The van der Waals surface area contributed by atoms with Gasteiger partial charge in [0.25, 0.3) is 0 Å². The maximum Gasteiger partial charge on any atom is 0.419 e. The molecule has 0 aromatic heterocycles. The van der Waals surface area contributed by atoms with Gasteiger partial charge in [0.2, 0.25) is 0 Å². The first-order valence-corrected chi connectivity index (χ1v) is 7.03. The van der Waals surface area contributed by atoms with E-state index in [2.05, 4.69) is 15.9 Å². The summed E-state index contributed by atoms with van der Waals surface area (Å²) in [5.74, 6) is -1.10. The number of hydrogen-bond acceptors (Lipinski definition) is 1. The molecule has 0 saturated carbocycles. The van der Waals surface area contributed by atoms with E-state index in [0.717, 1.165) is 12.1 Å². The molecule has 0 amide bonds. The Bertz CT molecular complexity index is 658. The third-order valence-corrected chi connectivity index (χ3v) is 3.57.